The standard InChI is InChI=1S/C23H14ClFN2O4S/c1-11-2-9-16(31-11)19-18(20(28)12-3-5-13(24)6-4-12)21(29)22(30)27(19)23-26-15-8-7-14(25)10-17(15)32-23/h2-10,19,28H,1H3/b20-18+. The van der Waals surface area contributed by atoms with Crippen molar-refractivity contribution in [1.29, 1.82) is 0 Å². The van der Waals surface area contributed by atoms with Gasteiger partial charge in [0.1, 0.15) is 29.1 Å². The maximum atomic E-state index is 13.7. The van der Waals surface area contributed by atoms with Crippen LogP contribution in [-0.4, -0.2) is 21.8 Å². The molecule has 1 unspecified atom stereocenters. The minimum absolute atomic E-state index is 0.128. The first-order valence-electron chi connectivity index (χ1n) is 9.53. The van der Waals surface area contributed by atoms with Gasteiger partial charge >= 0.3 is 5.91 Å². The summed E-state index contributed by atoms with van der Waals surface area (Å²) >= 11 is 7.00. The van der Waals surface area contributed by atoms with Gasteiger partial charge in [0.2, 0.25) is 0 Å². The average Bonchev–Trinajstić information content (AvgIpc) is 3.44. The number of rotatable bonds is 3. The summed E-state index contributed by atoms with van der Waals surface area (Å²) in [5.41, 5.74) is 0.685. The van der Waals surface area contributed by atoms with Crippen LogP contribution in [0.15, 0.2) is 64.6 Å². The van der Waals surface area contributed by atoms with Crippen LogP contribution in [0.3, 0.4) is 0 Å². The van der Waals surface area contributed by atoms with E-state index >= 15 is 0 Å². The molecule has 1 aliphatic heterocycles. The van der Waals surface area contributed by atoms with Crippen molar-refractivity contribution < 1.29 is 23.5 Å². The number of amides is 1. The molecule has 1 atom stereocenters. The molecular weight excluding hydrogens is 455 g/mol. The number of furan rings is 1. The molecule has 1 aliphatic rings. The quantitative estimate of drug-likeness (QED) is 0.240. The van der Waals surface area contributed by atoms with Crippen molar-refractivity contribution in [2.45, 2.75) is 13.0 Å². The van der Waals surface area contributed by atoms with Crippen molar-refractivity contribution in [2.75, 3.05) is 4.90 Å². The second kappa shape index (κ2) is 7.58. The van der Waals surface area contributed by atoms with E-state index in [1.807, 2.05) is 0 Å². The Hall–Kier alpha value is -3.49. The number of ketones is 1. The van der Waals surface area contributed by atoms with E-state index in [4.69, 9.17) is 16.0 Å². The van der Waals surface area contributed by atoms with E-state index in [9.17, 15) is 19.1 Å². The SMILES string of the molecule is Cc1ccc(C2/C(=C(\O)c3ccc(Cl)cc3)C(=O)C(=O)N2c2nc3ccc(F)cc3s2)o1. The maximum Gasteiger partial charge on any atom is 0.302 e. The first kappa shape index (κ1) is 20.4. The lowest BCUT2D eigenvalue weighted by molar-refractivity contribution is -0.132. The lowest BCUT2D eigenvalue weighted by Crippen LogP contribution is -2.29. The number of aliphatic hydroxyl groups excluding tert-OH is 1. The summed E-state index contributed by atoms with van der Waals surface area (Å²) in [5.74, 6) is -1.66. The zero-order chi connectivity index (χ0) is 22.6. The number of aromatic nitrogens is 1. The summed E-state index contributed by atoms with van der Waals surface area (Å²) < 4.78 is 19.9. The van der Waals surface area contributed by atoms with E-state index in [2.05, 4.69) is 4.98 Å². The molecule has 160 valence electrons. The van der Waals surface area contributed by atoms with Crippen LogP contribution in [0, 0.1) is 12.7 Å². The summed E-state index contributed by atoms with van der Waals surface area (Å²) in [5, 5.41) is 11.7. The van der Waals surface area contributed by atoms with E-state index in [0.717, 1.165) is 11.3 Å². The summed E-state index contributed by atoms with van der Waals surface area (Å²) in [4.78, 5) is 31.8. The Kier molecular flexibility index (Phi) is 4.83. The molecular formula is C23H14ClFN2O4S. The molecule has 0 spiro atoms. The number of nitrogens with zero attached hydrogens (tertiary/aromatic N) is 2. The molecule has 1 N–H and O–H groups in total. The third kappa shape index (κ3) is 3.28. The molecule has 2 aromatic carbocycles. The predicted molar refractivity (Wildman–Crippen MR) is 119 cm³/mol. The van der Waals surface area contributed by atoms with Crippen LogP contribution in [0.25, 0.3) is 16.0 Å². The van der Waals surface area contributed by atoms with E-state index in [1.54, 1.807) is 43.3 Å². The van der Waals surface area contributed by atoms with Gasteiger partial charge in [-0.1, -0.05) is 22.9 Å². The molecule has 0 radical (unpaired) electrons. The molecule has 3 heterocycles. The van der Waals surface area contributed by atoms with Gasteiger partial charge < -0.3 is 9.52 Å². The number of hydrogen-bond acceptors (Lipinski definition) is 6. The minimum Gasteiger partial charge on any atom is -0.507 e. The van der Waals surface area contributed by atoms with Gasteiger partial charge in [-0.3, -0.25) is 14.5 Å². The van der Waals surface area contributed by atoms with Crippen LogP contribution in [-0.2, 0) is 9.59 Å². The fraction of sp³-hybridized carbons (Fsp3) is 0.0870. The highest BCUT2D eigenvalue weighted by Crippen LogP contribution is 2.44. The predicted octanol–water partition coefficient (Wildman–Crippen LogP) is 5.62. The number of aryl methyl sites for hydroxylation is 1. The molecule has 0 saturated carbocycles. The van der Waals surface area contributed by atoms with Crippen LogP contribution in [0.5, 0.6) is 0 Å². The topological polar surface area (TPSA) is 83.6 Å². The third-order valence-electron chi connectivity index (χ3n) is 5.14. The van der Waals surface area contributed by atoms with E-state index in [0.29, 0.717) is 32.3 Å². The Bertz CT molecular complexity index is 1420. The molecule has 1 saturated heterocycles. The Balaban J connectivity index is 1.72. The maximum absolute atomic E-state index is 13.7. The number of fused-ring (bicyclic) bond motifs is 1. The number of anilines is 1. The Morgan fingerprint density at radius 1 is 1.16 bits per heavy atom. The molecule has 1 fully saturated rings. The van der Waals surface area contributed by atoms with E-state index in [1.165, 1.54) is 23.1 Å². The first-order valence-corrected chi connectivity index (χ1v) is 10.7. The van der Waals surface area contributed by atoms with Gasteiger partial charge in [0.25, 0.3) is 5.78 Å². The zero-order valence-corrected chi connectivity index (χ0v) is 18.1. The molecule has 32 heavy (non-hydrogen) atoms. The smallest absolute Gasteiger partial charge is 0.302 e. The Morgan fingerprint density at radius 2 is 1.91 bits per heavy atom. The molecule has 9 heteroatoms. The molecule has 0 bridgehead atoms. The monoisotopic (exact) mass is 468 g/mol. The first-order chi connectivity index (χ1) is 15.3. The minimum atomic E-state index is -1.04. The van der Waals surface area contributed by atoms with Crippen LogP contribution in [0.1, 0.15) is 23.1 Å². The normalized spacial score (nSPS) is 18.1. The number of hydrogen-bond donors (Lipinski definition) is 1. The number of carbonyl (C=O) groups is 2. The molecule has 6 nitrogen and oxygen atoms in total. The van der Waals surface area contributed by atoms with Crippen LogP contribution < -0.4 is 4.90 Å². The summed E-state index contributed by atoms with van der Waals surface area (Å²) in [6.45, 7) is 1.73. The fourth-order valence-corrected chi connectivity index (χ4v) is 4.80. The average molecular weight is 469 g/mol. The number of carbonyl (C=O) groups excluding carboxylic acids is 2. The van der Waals surface area contributed by atoms with Gasteiger partial charge in [0, 0.05) is 10.6 Å². The summed E-state index contributed by atoms with van der Waals surface area (Å²) in [6.07, 6.45) is 0. The largest absolute Gasteiger partial charge is 0.507 e. The fourth-order valence-electron chi connectivity index (χ4n) is 3.65. The Labute approximate surface area is 190 Å². The van der Waals surface area contributed by atoms with Gasteiger partial charge in [0.05, 0.1) is 15.8 Å². The second-order valence-electron chi connectivity index (χ2n) is 7.23. The lowest BCUT2D eigenvalue weighted by Gasteiger charge is -2.20. The van der Waals surface area contributed by atoms with Crippen molar-refractivity contribution in [2.24, 2.45) is 0 Å². The van der Waals surface area contributed by atoms with Gasteiger partial charge in [-0.25, -0.2) is 9.37 Å². The number of halogens is 2. The third-order valence-corrected chi connectivity index (χ3v) is 6.41. The van der Waals surface area contributed by atoms with E-state index < -0.39 is 23.5 Å². The molecule has 1 amide bonds. The highest BCUT2D eigenvalue weighted by molar-refractivity contribution is 7.22. The summed E-state index contributed by atoms with van der Waals surface area (Å²) in [7, 11) is 0. The van der Waals surface area contributed by atoms with Crippen molar-refractivity contribution in [3.63, 3.8) is 0 Å². The molecule has 0 aliphatic carbocycles. The number of aliphatic hydroxyl groups is 1. The molecule has 2 aromatic heterocycles. The van der Waals surface area contributed by atoms with Crippen LogP contribution >= 0.6 is 22.9 Å². The van der Waals surface area contributed by atoms with Crippen molar-refractivity contribution >= 4 is 55.7 Å². The van der Waals surface area contributed by atoms with Crippen molar-refractivity contribution in [3.8, 4) is 0 Å². The van der Waals surface area contributed by atoms with Crippen LogP contribution in [0.4, 0.5) is 9.52 Å². The highest BCUT2D eigenvalue weighted by Gasteiger charge is 2.49. The lowest BCUT2D eigenvalue weighted by atomic mass is 9.99. The number of Topliss-reactive ketones (excluding diaryl/α,β-unsaturated/α-hetero) is 1. The van der Waals surface area contributed by atoms with Gasteiger partial charge in [0.15, 0.2) is 5.13 Å². The second-order valence-corrected chi connectivity index (χ2v) is 8.68. The van der Waals surface area contributed by atoms with Crippen molar-refractivity contribution in [3.05, 3.63) is 88.1 Å². The number of benzene rings is 2. The van der Waals surface area contributed by atoms with Gasteiger partial charge in [-0.2, -0.15) is 0 Å². The molecule has 4 aromatic rings. The number of thiazole rings is 1. The summed E-state index contributed by atoms with van der Waals surface area (Å²) in [6, 6.07) is 12.6. The van der Waals surface area contributed by atoms with E-state index in [-0.39, 0.29) is 16.5 Å². The molecule has 5 rings (SSSR count). The Morgan fingerprint density at radius 3 is 2.59 bits per heavy atom. The zero-order valence-electron chi connectivity index (χ0n) is 16.5. The van der Waals surface area contributed by atoms with Crippen molar-refractivity contribution in [1.82, 2.24) is 4.98 Å². The van der Waals surface area contributed by atoms with Gasteiger partial charge in [-0.15, -0.1) is 0 Å². The van der Waals surface area contributed by atoms with Gasteiger partial charge in [-0.05, 0) is 61.5 Å². The highest BCUT2D eigenvalue weighted by atomic mass is 35.5. The van der Waals surface area contributed by atoms with Crippen LogP contribution in [0.2, 0.25) is 5.02 Å².